The predicted molar refractivity (Wildman–Crippen MR) is 70.6 cm³/mol. The normalized spacial score (nSPS) is 16.6. The lowest BCUT2D eigenvalue weighted by Crippen LogP contribution is -2.45. The molecule has 0 spiro atoms. The maximum Gasteiger partial charge on any atom is 0.308 e. The largest absolute Gasteiger partial charge is 0.481 e. The third-order valence-electron chi connectivity index (χ3n) is 3.34. The van der Waals surface area contributed by atoms with Gasteiger partial charge in [0.05, 0.1) is 12.1 Å². The second-order valence-electron chi connectivity index (χ2n) is 4.81. The molecule has 0 aromatic carbocycles. The molecule has 0 unspecified atom stereocenters. The summed E-state index contributed by atoms with van der Waals surface area (Å²) in [5, 5.41) is 8.77. The molecule has 0 bridgehead atoms. The van der Waals surface area contributed by atoms with Gasteiger partial charge in [-0.05, 0) is 14.0 Å². The summed E-state index contributed by atoms with van der Waals surface area (Å²) in [6, 6.07) is 0. The van der Waals surface area contributed by atoms with E-state index in [-0.39, 0.29) is 17.5 Å². The number of aromatic amines is 1. The number of aliphatic carboxylic acids is 1. The summed E-state index contributed by atoms with van der Waals surface area (Å²) in [7, 11) is 2.05. The number of carboxylic acids is 1. The van der Waals surface area contributed by atoms with Gasteiger partial charge < -0.3 is 14.9 Å². The summed E-state index contributed by atoms with van der Waals surface area (Å²) in [5.41, 5.74) is 0.356. The Balaban J connectivity index is 2.24. The quantitative estimate of drug-likeness (QED) is 0.763. The van der Waals surface area contributed by atoms with Crippen molar-refractivity contribution in [1.82, 2.24) is 14.9 Å². The zero-order chi connectivity index (χ0) is 14.0. The molecule has 1 aliphatic rings. The van der Waals surface area contributed by atoms with Gasteiger partial charge in [-0.3, -0.25) is 14.6 Å². The maximum absolute atomic E-state index is 11.9. The SMILES string of the molecule is Cc1nc(N2CCN(C)CC2)[nH]c(=O)c1CC(=O)O. The zero-order valence-electron chi connectivity index (χ0n) is 11.1. The van der Waals surface area contributed by atoms with Crippen molar-refractivity contribution < 1.29 is 9.90 Å². The minimum Gasteiger partial charge on any atom is -0.481 e. The van der Waals surface area contributed by atoms with E-state index < -0.39 is 5.97 Å². The fourth-order valence-corrected chi connectivity index (χ4v) is 2.12. The lowest BCUT2D eigenvalue weighted by atomic mass is 10.2. The van der Waals surface area contributed by atoms with Gasteiger partial charge in [-0.15, -0.1) is 0 Å². The average Bonchev–Trinajstić information content (AvgIpc) is 2.34. The third-order valence-corrected chi connectivity index (χ3v) is 3.34. The van der Waals surface area contributed by atoms with Crippen molar-refractivity contribution in [2.24, 2.45) is 0 Å². The number of rotatable bonds is 3. The highest BCUT2D eigenvalue weighted by Crippen LogP contribution is 2.11. The van der Waals surface area contributed by atoms with Gasteiger partial charge in [-0.2, -0.15) is 0 Å². The molecule has 1 aromatic heterocycles. The van der Waals surface area contributed by atoms with E-state index >= 15 is 0 Å². The van der Waals surface area contributed by atoms with E-state index in [1.54, 1.807) is 6.92 Å². The fraction of sp³-hybridized carbons (Fsp3) is 0.583. The number of piperazine rings is 1. The number of H-pyrrole nitrogens is 1. The first-order valence-electron chi connectivity index (χ1n) is 6.22. The molecule has 104 valence electrons. The van der Waals surface area contributed by atoms with E-state index in [0.717, 1.165) is 26.2 Å². The summed E-state index contributed by atoms with van der Waals surface area (Å²) in [6.45, 7) is 5.11. The average molecular weight is 266 g/mol. The molecule has 1 aromatic rings. The lowest BCUT2D eigenvalue weighted by Gasteiger charge is -2.32. The molecule has 0 saturated carbocycles. The van der Waals surface area contributed by atoms with Crippen LogP contribution in [0.5, 0.6) is 0 Å². The Morgan fingerprint density at radius 3 is 2.53 bits per heavy atom. The van der Waals surface area contributed by atoms with Crippen LogP contribution in [0.1, 0.15) is 11.3 Å². The van der Waals surface area contributed by atoms with Crippen molar-refractivity contribution in [3.8, 4) is 0 Å². The van der Waals surface area contributed by atoms with Crippen LogP contribution >= 0.6 is 0 Å². The maximum atomic E-state index is 11.9. The number of carbonyl (C=O) groups is 1. The number of aryl methyl sites for hydroxylation is 1. The molecular formula is C12H18N4O3. The zero-order valence-corrected chi connectivity index (χ0v) is 11.1. The number of likely N-dealkylation sites (N-methyl/N-ethyl adjacent to an activating group) is 1. The third kappa shape index (κ3) is 3.11. The van der Waals surface area contributed by atoms with Crippen LogP contribution in [-0.2, 0) is 11.2 Å². The number of nitrogens with one attached hydrogen (secondary N) is 1. The molecule has 0 amide bonds. The Hall–Kier alpha value is -1.89. The smallest absolute Gasteiger partial charge is 0.308 e. The van der Waals surface area contributed by atoms with Crippen molar-refractivity contribution in [2.75, 3.05) is 38.1 Å². The van der Waals surface area contributed by atoms with E-state index in [4.69, 9.17) is 5.11 Å². The molecule has 0 atom stereocenters. The molecular weight excluding hydrogens is 248 g/mol. The Kier molecular flexibility index (Phi) is 3.84. The monoisotopic (exact) mass is 266 g/mol. The van der Waals surface area contributed by atoms with Gasteiger partial charge in [0.25, 0.3) is 5.56 Å². The molecule has 0 aliphatic carbocycles. The highest BCUT2D eigenvalue weighted by atomic mass is 16.4. The van der Waals surface area contributed by atoms with Gasteiger partial charge in [-0.25, -0.2) is 4.98 Å². The number of anilines is 1. The van der Waals surface area contributed by atoms with Crippen molar-refractivity contribution >= 4 is 11.9 Å². The first-order chi connectivity index (χ1) is 8.97. The van der Waals surface area contributed by atoms with Crippen LogP contribution in [0.3, 0.4) is 0 Å². The van der Waals surface area contributed by atoms with Gasteiger partial charge in [0.15, 0.2) is 0 Å². The van der Waals surface area contributed by atoms with Crippen molar-refractivity contribution in [1.29, 1.82) is 0 Å². The first kappa shape index (κ1) is 13.5. The minimum atomic E-state index is -1.03. The van der Waals surface area contributed by atoms with E-state index in [1.165, 1.54) is 0 Å². The summed E-state index contributed by atoms with van der Waals surface area (Å²) < 4.78 is 0. The first-order valence-corrected chi connectivity index (χ1v) is 6.22. The van der Waals surface area contributed by atoms with Gasteiger partial charge >= 0.3 is 5.97 Å². The molecule has 0 radical (unpaired) electrons. The topological polar surface area (TPSA) is 89.5 Å². The second kappa shape index (κ2) is 5.40. The summed E-state index contributed by atoms with van der Waals surface area (Å²) in [5.74, 6) is -0.493. The van der Waals surface area contributed by atoms with Crippen LogP contribution in [0.25, 0.3) is 0 Å². The lowest BCUT2D eigenvalue weighted by molar-refractivity contribution is -0.136. The molecule has 2 rings (SSSR count). The Labute approximate surface area is 110 Å². The molecule has 1 aliphatic heterocycles. The van der Waals surface area contributed by atoms with Gasteiger partial charge in [0.2, 0.25) is 5.95 Å². The number of aromatic nitrogens is 2. The minimum absolute atomic E-state index is 0.227. The number of hydrogen-bond acceptors (Lipinski definition) is 5. The van der Waals surface area contributed by atoms with Crippen LogP contribution in [0.2, 0.25) is 0 Å². The summed E-state index contributed by atoms with van der Waals surface area (Å²) in [6.07, 6.45) is -0.294. The van der Waals surface area contributed by atoms with Crippen molar-refractivity contribution in [2.45, 2.75) is 13.3 Å². The van der Waals surface area contributed by atoms with Crippen LogP contribution in [-0.4, -0.2) is 59.2 Å². The molecule has 7 nitrogen and oxygen atoms in total. The van der Waals surface area contributed by atoms with Crippen LogP contribution in [0.15, 0.2) is 4.79 Å². The Morgan fingerprint density at radius 1 is 1.37 bits per heavy atom. The Bertz CT molecular complexity index is 532. The van der Waals surface area contributed by atoms with Gasteiger partial charge in [0.1, 0.15) is 0 Å². The molecule has 2 N–H and O–H groups in total. The number of hydrogen-bond donors (Lipinski definition) is 2. The molecule has 19 heavy (non-hydrogen) atoms. The van der Waals surface area contributed by atoms with Gasteiger partial charge in [0, 0.05) is 31.7 Å². The molecule has 1 fully saturated rings. The van der Waals surface area contributed by atoms with Crippen molar-refractivity contribution in [3.63, 3.8) is 0 Å². The predicted octanol–water partition coefficient (Wildman–Crippen LogP) is -0.543. The summed E-state index contributed by atoms with van der Waals surface area (Å²) in [4.78, 5) is 33.8. The highest BCUT2D eigenvalue weighted by Gasteiger charge is 2.18. The van der Waals surface area contributed by atoms with Crippen LogP contribution in [0.4, 0.5) is 5.95 Å². The molecule has 1 saturated heterocycles. The fourth-order valence-electron chi connectivity index (χ4n) is 2.12. The van der Waals surface area contributed by atoms with Crippen LogP contribution < -0.4 is 10.5 Å². The van der Waals surface area contributed by atoms with E-state index in [1.807, 2.05) is 4.90 Å². The highest BCUT2D eigenvalue weighted by molar-refractivity contribution is 5.70. The second-order valence-corrected chi connectivity index (χ2v) is 4.81. The van der Waals surface area contributed by atoms with E-state index in [0.29, 0.717) is 11.6 Å². The van der Waals surface area contributed by atoms with Gasteiger partial charge in [-0.1, -0.05) is 0 Å². The Morgan fingerprint density at radius 2 is 2.00 bits per heavy atom. The number of nitrogens with zero attached hydrogens (tertiary/aromatic N) is 3. The van der Waals surface area contributed by atoms with Crippen molar-refractivity contribution in [3.05, 3.63) is 21.6 Å². The summed E-state index contributed by atoms with van der Waals surface area (Å²) >= 11 is 0. The van der Waals surface area contributed by atoms with E-state index in [2.05, 4.69) is 21.9 Å². The number of carboxylic acid groups (broad SMARTS) is 1. The standard InChI is InChI=1S/C12H18N4O3/c1-8-9(7-10(17)18)11(19)14-12(13-8)16-5-3-15(2)4-6-16/h3-7H2,1-2H3,(H,17,18)(H,13,14,19). The molecule has 7 heteroatoms. The van der Waals surface area contributed by atoms with E-state index in [9.17, 15) is 9.59 Å². The van der Waals surface area contributed by atoms with Crippen LogP contribution in [0, 0.1) is 6.92 Å². The molecule has 2 heterocycles.